The third kappa shape index (κ3) is 6.73. The highest BCUT2D eigenvalue weighted by molar-refractivity contribution is 5.18. The quantitative estimate of drug-likeness (QED) is 0.501. The van der Waals surface area contributed by atoms with E-state index in [4.69, 9.17) is 4.74 Å². The largest absolute Gasteiger partial charge is 0.525 e. The molecule has 2 rings (SSSR count). The summed E-state index contributed by atoms with van der Waals surface area (Å²) in [5.41, 5.74) is -0.238. The smallest absolute Gasteiger partial charge is 0.314 e. The maximum atomic E-state index is 12.6. The van der Waals surface area contributed by atoms with Crippen LogP contribution in [0.1, 0.15) is 23.7 Å². The van der Waals surface area contributed by atoms with E-state index in [0.717, 1.165) is 0 Å². The highest BCUT2D eigenvalue weighted by atomic mass is 19.4. The molecule has 0 saturated heterocycles. The van der Waals surface area contributed by atoms with Gasteiger partial charge in [-0.2, -0.15) is 0 Å². The summed E-state index contributed by atoms with van der Waals surface area (Å²) < 4.78 is 88.2. The van der Waals surface area contributed by atoms with Crippen LogP contribution < -0.4 is 0 Å². The molecule has 0 aliphatic heterocycles. The van der Waals surface area contributed by atoms with Crippen molar-refractivity contribution in [1.82, 2.24) is 0 Å². The first-order valence-electron chi connectivity index (χ1n) is 6.88. The molecule has 0 amide bonds. The highest BCUT2D eigenvalue weighted by Crippen LogP contribution is 2.36. The van der Waals surface area contributed by atoms with Crippen molar-refractivity contribution in [1.29, 1.82) is 0 Å². The Labute approximate surface area is 138 Å². The van der Waals surface area contributed by atoms with Gasteiger partial charge in [-0.05, 0) is 0 Å². The molecule has 2 aromatic rings. The Hall–Kier alpha value is -2.10. The second-order valence-corrected chi connectivity index (χ2v) is 4.75. The number of hydrogen-bond acceptors (Lipinski definition) is 3. The van der Waals surface area contributed by atoms with Crippen LogP contribution in [0.2, 0.25) is 0 Å². The Bertz CT molecular complexity index is 585. The molecule has 2 aromatic carbocycles. The molecule has 0 aromatic heterocycles. The summed E-state index contributed by atoms with van der Waals surface area (Å²) in [6.45, 7) is 0. The van der Waals surface area contributed by atoms with Gasteiger partial charge in [-0.3, -0.25) is 9.47 Å². The van der Waals surface area contributed by atoms with Crippen LogP contribution in [0.3, 0.4) is 0 Å². The predicted octanol–water partition coefficient (Wildman–Crippen LogP) is 5.47. The van der Waals surface area contributed by atoms with E-state index in [0.29, 0.717) is 0 Å². The van der Waals surface area contributed by atoms with Gasteiger partial charge in [0.1, 0.15) is 0 Å². The monoisotopic (exact) mass is 366 g/mol. The Morgan fingerprint density at radius 3 is 1.16 bits per heavy atom. The van der Waals surface area contributed by atoms with E-state index in [1.807, 2.05) is 0 Å². The van der Waals surface area contributed by atoms with Crippen molar-refractivity contribution < 1.29 is 40.6 Å². The van der Waals surface area contributed by atoms with Gasteiger partial charge in [0.15, 0.2) is 12.6 Å². The van der Waals surface area contributed by atoms with Gasteiger partial charge in [-0.25, -0.2) is 0 Å². The fourth-order valence-corrected chi connectivity index (χ4v) is 1.92. The van der Waals surface area contributed by atoms with Gasteiger partial charge in [0, 0.05) is 11.1 Å². The van der Waals surface area contributed by atoms with Crippen LogP contribution in [0, 0.1) is 0 Å². The van der Waals surface area contributed by atoms with E-state index in [1.165, 1.54) is 60.7 Å². The molecule has 0 N–H and O–H groups in total. The molecule has 25 heavy (non-hydrogen) atoms. The average Bonchev–Trinajstić information content (AvgIpc) is 2.53. The molecule has 3 nitrogen and oxygen atoms in total. The van der Waals surface area contributed by atoms with Gasteiger partial charge >= 0.3 is 12.7 Å². The van der Waals surface area contributed by atoms with Crippen LogP contribution in [0.4, 0.5) is 26.3 Å². The van der Waals surface area contributed by atoms with Crippen LogP contribution >= 0.6 is 0 Å². The standard InChI is InChI=1S/C16H12F6O3/c17-15(18,19)24-13(11-7-3-1-4-8-11)23-14(25-16(20,21)22)12-9-5-2-6-10-12/h1-10,13-14H. The molecule has 0 heterocycles. The minimum atomic E-state index is -5.13. The molecule has 0 radical (unpaired) electrons. The van der Waals surface area contributed by atoms with E-state index in [9.17, 15) is 26.3 Å². The number of rotatable bonds is 6. The molecule has 9 heteroatoms. The summed E-state index contributed by atoms with van der Waals surface area (Å²) in [4.78, 5) is 0. The SMILES string of the molecule is FC(F)(F)OC(OC(OC(F)(F)F)c1ccccc1)c1ccccc1. The van der Waals surface area contributed by atoms with Crippen molar-refractivity contribution in [2.75, 3.05) is 0 Å². The van der Waals surface area contributed by atoms with Crippen molar-refractivity contribution in [2.24, 2.45) is 0 Å². The maximum Gasteiger partial charge on any atom is 0.525 e. The number of alkyl halides is 6. The highest BCUT2D eigenvalue weighted by Gasteiger charge is 2.40. The van der Waals surface area contributed by atoms with Gasteiger partial charge in [0.25, 0.3) is 0 Å². The summed E-state index contributed by atoms with van der Waals surface area (Å²) in [7, 11) is 0. The molecule has 136 valence electrons. The van der Waals surface area contributed by atoms with Gasteiger partial charge in [0.05, 0.1) is 0 Å². The van der Waals surface area contributed by atoms with Crippen molar-refractivity contribution in [3.8, 4) is 0 Å². The van der Waals surface area contributed by atoms with Crippen molar-refractivity contribution >= 4 is 0 Å². The Morgan fingerprint density at radius 2 is 0.880 bits per heavy atom. The normalized spacial score (nSPS) is 15.0. The average molecular weight is 366 g/mol. The molecule has 0 bridgehead atoms. The van der Waals surface area contributed by atoms with Gasteiger partial charge in [-0.1, -0.05) is 60.7 Å². The molecule has 0 spiro atoms. The zero-order chi connectivity index (χ0) is 18.5. The van der Waals surface area contributed by atoms with E-state index >= 15 is 0 Å². The van der Waals surface area contributed by atoms with Crippen LogP contribution in [-0.4, -0.2) is 12.7 Å². The topological polar surface area (TPSA) is 27.7 Å². The lowest BCUT2D eigenvalue weighted by molar-refractivity contribution is -0.433. The van der Waals surface area contributed by atoms with E-state index in [-0.39, 0.29) is 11.1 Å². The summed E-state index contributed by atoms with van der Waals surface area (Å²) in [6.07, 6.45) is -14.5. The van der Waals surface area contributed by atoms with Crippen LogP contribution in [0.5, 0.6) is 0 Å². The third-order valence-corrected chi connectivity index (χ3v) is 2.87. The van der Waals surface area contributed by atoms with Crippen LogP contribution in [0.25, 0.3) is 0 Å². The van der Waals surface area contributed by atoms with Crippen LogP contribution in [0.15, 0.2) is 60.7 Å². The lowest BCUT2D eigenvalue weighted by Crippen LogP contribution is -2.26. The zero-order valence-electron chi connectivity index (χ0n) is 12.4. The number of hydrogen-bond donors (Lipinski definition) is 0. The molecule has 0 fully saturated rings. The summed E-state index contributed by atoms with van der Waals surface area (Å²) >= 11 is 0. The van der Waals surface area contributed by atoms with Crippen LogP contribution in [-0.2, 0) is 14.2 Å². The fraction of sp³-hybridized carbons (Fsp3) is 0.250. The maximum absolute atomic E-state index is 12.6. The molecular weight excluding hydrogens is 354 g/mol. The molecular formula is C16H12F6O3. The Balaban J connectivity index is 2.31. The summed E-state index contributed by atoms with van der Waals surface area (Å²) in [5.74, 6) is 0. The van der Waals surface area contributed by atoms with Gasteiger partial charge < -0.3 is 4.74 Å². The van der Waals surface area contributed by atoms with Crippen molar-refractivity contribution in [2.45, 2.75) is 25.3 Å². The number of ether oxygens (including phenoxy) is 3. The molecule has 0 aliphatic rings. The molecule has 2 atom stereocenters. The molecule has 2 unspecified atom stereocenters. The van der Waals surface area contributed by atoms with E-state index in [1.54, 1.807) is 0 Å². The Kier molecular flexibility index (Phi) is 6.04. The van der Waals surface area contributed by atoms with Gasteiger partial charge in [-0.15, -0.1) is 26.3 Å². The van der Waals surface area contributed by atoms with Crippen molar-refractivity contribution in [3.05, 3.63) is 71.8 Å². The van der Waals surface area contributed by atoms with Gasteiger partial charge in [0.2, 0.25) is 0 Å². The van der Waals surface area contributed by atoms with E-state index < -0.39 is 25.3 Å². The first-order chi connectivity index (χ1) is 11.6. The summed E-state index contributed by atoms with van der Waals surface area (Å²) in [5, 5.41) is 0. The third-order valence-electron chi connectivity index (χ3n) is 2.87. The lowest BCUT2D eigenvalue weighted by atomic mass is 10.2. The lowest BCUT2D eigenvalue weighted by Gasteiger charge is -2.26. The number of halogens is 6. The Morgan fingerprint density at radius 1 is 0.560 bits per heavy atom. The number of benzene rings is 2. The first-order valence-corrected chi connectivity index (χ1v) is 6.88. The molecule has 0 aliphatic carbocycles. The minimum Gasteiger partial charge on any atom is -0.314 e. The second kappa shape index (κ2) is 7.85. The van der Waals surface area contributed by atoms with E-state index in [2.05, 4.69) is 9.47 Å². The van der Waals surface area contributed by atoms with Crippen molar-refractivity contribution in [3.63, 3.8) is 0 Å². The minimum absolute atomic E-state index is 0.119. The zero-order valence-corrected chi connectivity index (χ0v) is 12.4. The first kappa shape index (κ1) is 19.2. The second-order valence-electron chi connectivity index (χ2n) is 4.75. The molecule has 0 saturated carbocycles. The predicted molar refractivity (Wildman–Crippen MR) is 73.7 cm³/mol. The fourth-order valence-electron chi connectivity index (χ4n) is 1.92. The summed E-state index contributed by atoms with van der Waals surface area (Å²) in [6, 6.07) is 13.5.